The largest absolute Gasteiger partial charge is 0.208 e. The Labute approximate surface area is 310 Å². The van der Waals surface area contributed by atoms with Crippen LogP contribution in [0.25, 0.3) is 110 Å². The molecule has 246 valence electrons. The Kier molecular flexibility index (Phi) is 6.73. The third-order valence-corrected chi connectivity index (χ3v) is 11.6. The average Bonchev–Trinajstić information content (AvgIpc) is 3.78. The highest BCUT2D eigenvalue weighted by Gasteiger charge is 2.28. The van der Waals surface area contributed by atoms with Crippen LogP contribution in [0, 0.1) is 0 Å². The van der Waals surface area contributed by atoms with E-state index in [-0.39, 0.29) is 0 Å². The molecule has 1 aliphatic rings. The molecule has 8 aromatic carbocycles. The third kappa shape index (κ3) is 4.84. The summed E-state index contributed by atoms with van der Waals surface area (Å²) in [4.78, 5) is 15.9. The summed E-state index contributed by atoms with van der Waals surface area (Å²) in [5.74, 6) is 1.96. The molecule has 0 saturated heterocycles. The van der Waals surface area contributed by atoms with Gasteiger partial charge < -0.3 is 0 Å². The quantitative estimate of drug-likeness (QED) is 0.180. The topological polar surface area (TPSA) is 38.7 Å². The van der Waals surface area contributed by atoms with Gasteiger partial charge in [-0.3, -0.25) is 0 Å². The molecule has 0 atom stereocenters. The lowest BCUT2D eigenvalue weighted by molar-refractivity contribution is 1.08. The first kappa shape index (κ1) is 29.9. The SMILES string of the molecule is c1ccc(-c2cccc(-c3nc(-c4cccc(-c5ccccc5)c4)nc(-c4cc5c(c6sc7ccccc7c46)-c4cccc6cccc-5c46)n3)c2)cc1. The summed E-state index contributed by atoms with van der Waals surface area (Å²) in [6.45, 7) is 0. The van der Waals surface area contributed by atoms with Crippen molar-refractivity contribution >= 4 is 42.3 Å². The molecule has 3 nitrogen and oxygen atoms in total. The number of fused-ring (bicyclic) bond motifs is 7. The van der Waals surface area contributed by atoms with Gasteiger partial charge in [0.05, 0.1) is 0 Å². The molecule has 0 aliphatic heterocycles. The zero-order chi connectivity index (χ0) is 34.9. The minimum atomic E-state index is 0.645. The average molecular weight is 692 g/mol. The lowest BCUT2D eigenvalue weighted by Gasteiger charge is -2.13. The van der Waals surface area contributed by atoms with E-state index in [0.29, 0.717) is 17.5 Å². The number of hydrogen-bond acceptors (Lipinski definition) is 4. The predicted molar refractivity (Wildman–Crippen MR) is 222 cm³/mol. The minimum absolute atomic E-state index is 0.645. The van der Waals surface area contributed by atoms with Crippen LogP contribution in [0.2, 0.25) is 0 Å². The normalized spacial score (nSPS) is 11.8. The molecule has 4 heteroatoms. The van der Waals surface area contributed by atoms with Gasteiger partial charge in [0.1, 0.15) is 0 Å². The third-order valence-electron chi connectivity index (χ3n) is 10.4. The highest BCUT2D eigenvalue weighted by molar-refractivity contribution is 7.26. The number of hydrogen-bond donors (Lipinski definition) is 0. The van der Waals surface area contributed by atoms with E-state index in [2.05, 4.69) is 164 Å². The van der Waals surface area contributed by atoms with Crippen molar-refractivity contribution in [2.24, 2.45) is 0 Å². The standard InChI is InChI=1S/C49H29N3S/c1-3-13-30(14-4-1)33-19-9-21-35(27-33)47-50-48(36-22-10-20-34(28-36)31-15-5-2-6-16-31)52-49(51-47)41-29-40-37-24-11-17-32-18-12-25-39(43(32)37)45(40)46-44(41)38-23-7-8-26-42(38)53-46/h1-29H. The molecule has 1 aliphatic carbocycles. The number of aromatic nitrogens is 3. The van der Waals surface area contributed by atoms with Gasteiger partial charge in [-0.25, -0.2) is 15.0 Å². The van der Waals surface area contributed by atoms with Crippen LogP contribution in [-0.2, 0) is 0 Å². The second-order valence-electron chi connectivity index (χ2n) is 13.6. The van der Waals surface area contributed by atoms with E-state index >= 15 is 0 Å². The molecule has 0 unspecified atom stereocenters. The molecule has 10 aromatic rings. The molecule has 2 heterocycles. The summed E-state index contributed by atoms with van der Waals surface area (Å²) < 4.78 is 2.52. The smallest absolute Gasteiger partial charge is 0.164 e. The second-order valence-corrected chi connectivity index (χ2v) is 14.6. The van der Waals surface area contributed by atoms with Crippen molar-refractivity contribution in [1.29, 1.82) is 0 Å². The van der Waals surface area contributed by atoms with Gasteiger partial charge in [-0.05, 0) is 74.0 Å². The fraction of sp³-hybridized carbons (Fsp3) is 0. The first-order chi connectivity index (χ1) is 26.3. The Bertz CT molecular complexity index is 2950. The van der Waals surface area contributed by atoms with Gasteiger partial charge >= 0.3 is 0 Å². The maximum Gasteiger partial charge on any atom is 0.164 e. The van der Waals surface area contributed by atoms with Crippen LogP contribution in [0.15, 0.2) is 176 Å². The van der Waals surface area contributed by atoms with Crippen LogP contribution in [0.4, 0.5) is 0 Å². The Morgan fingerprint density at radius 2 is 0.868 bits per heavy atom. The van der Waals surface area contributed by atoms with Crippen molar-refractivity contribution in [2.45, 2.75) is 0 Å². The van der Waals surface area contributed by atoms with Crippen molar-refractivity contribution in [1.82, 2.24) is 15.0 Å². The van der Waals surface area contributed by atoms with E-state index in [4.69, 9.17) is 15.0 Å². The molecule has 0 spiro atoms. The second kappa shape index (κ2) is 11.9. The highest BCUT2D eigenvalue weighted by atomic mass is 32.1. The molecule has 53 heavy (non-hydrogen) atoms. The zero-order valence-electron chi connectivity index (χ0n) is 28.5. The summed E-state index contributed by atoms with van der Waals surface area (Å²) in [5, 5.41) is 4.98. The maximum atomic E-state index is 5.36. The van der Waals surface area contributed by atoms with Crippen LogP contribution in [0.3, 0.4) is 0 Å². The predicted octanol–water partition coefficient (Wildman–Crippen LogP) is 13.4. The van der Waals surface area contributed by atoms with Crippen LogP contribution < -0.4 is 0 Å². The van der Waals surface area contributed by atoms with Crippen molar-refractivity contribution in [2.75, 3.05) is 0 Å². The number of rotatable bonds is 5. The zero-order valence-corrected chi connectivity index (χ0v) is 29.3. The summed E-state index contributed by atoms with van der Waals surface area (Å²) in [7, 11) is 0. The molecule has 2 aromatic heterocycles. The Hall–Kier alpha value is -6.75. The van der Waals surface area contributed by atoms with Crippen molar-refractivity contribution in [3.05, 3.63) is 176 Å². The molecular weight excluding hydrogens is 663 g/mol. The van der Waals surface area contributed by atoms with Gasteiger partial charge in [-0.15, -0.1) is 11.3 Å². The number of thiophene rings is 1. The monoisotopic (exact) mass is 691 g/mol. The summed E-state index contributed by atoms with van der Waals surface area (Å²) >= 11 is 1.86. The van der Waals surface area contributed by atoms with Crippen molar-refractivity contribution in [3.8, 4) is 78.7 Å². The van der Waals surface area contributed by atoms with Crippen LogP contribution in [0.1, 0.15) is 0 Å². The van der Waals surface area contributed by atoms with Gasteiger partial charge in [0, 0.05) is 42.4 Å². The van der Waals surface area contributed by atoms with Crippen molar-refractivity contribution in [3.63, 3.8) is 0 Å². The Morgan fingerprint density at radius 1 is 0.340 bits per heavy atom. The van der Waals surface area contributed by atoms with Gasteiger partial charge in [-0.2, -0.15) is 0 Å². The van der Waals surface area contributed by atoms with Gasteiger partial charge in [0.25, 0.3) is 0 Å². The fourth-order valence-electron chi connectivity index (χ4n) is 8.02. The first-order valence-electron chi connectivity index (χ1n) is 17.9. The van der Waals surface area contributed by atoms with Gasteiger partial charge in [-0.1, -0.05) is 152 Å². The van der Waals surface area contributed by atoms with Crippen molar-refractivity contribution < 1.29 is 0 Å². The maximum absolute atomic E-state index is 5.36. The number of nitrogens with zero attached hydrogens (tertiary/aromatic N) is 3. The van der Waals surface area contributed by atoms with E-state index in [1.807, 2.05) is 23.5 Å². The van der Waals surface area contributed by atoms with Crippen LogP contribution in [-0.4, -0.2) is 15.0 Å². The van der Waals surface area contributed by atoms with Crippen LogP contribution in [0.5, 0.6) is 0 Å². The lowest BCUT2D eigenvalue weighted by Crippen LogP contribution is -2.01. The molecule has 0 radical (unpaired) electrons. The number of benzene rings is 8. The van der Waals surface area contributed by atoms with E-state index in [1.165, 1.54) is 53.2 Å². The van der Waals surface area contributed by atoms with Gasteiger partial charge in [0.15, 0.2) is 17.5 Å². The Balaban J connectivity index is 1.20. The van der Waals surface area contributed by atoms with E-state index < -0.39 is 0 Å². The summed E-state index contributed by atoms with van der Waals surface area (Å²) in [6, 6.07) is 62.4. The van der Waals surface area contributed by atoms with Crippen LogP contribution >= 0.6 is 11.3 Å². The summed E-state index contributed by atoms with van der Waals surface area (Å²) in [6.07, 6.45) is 0. The molecule has 0 bridgehead atoms. The molecule has 0 amide bonds. The molecular formula is C49H29N3S. The molecule has 11 rings (SSSR count). The summed E-state index contributed by atoms with van der Waals surface area (Å²) in [5.41, 5.74) is 12.5. The Morgan fingerprint density at radius 3 is 1.53 bits per heavy atom. The molecule has 0 N–H and O–H groups in total. The minimum Gasteiger partial charge on any atom is -0.208 e. The molecule has 0 saturated carbocycles. The lowest BCUT2D eigenvalue weighted by atomic mass is 9.95. The van der Waals surface area contributed by atoms with E-state index in [0.717, 1.165) is 38.9 Å². The highest BCUT2D eigenvalue weighted by Crippen LogP contribution is 2.55. The van der Waals surface area contributed by atoms with E-state index in [1.54, 1.807) is 0 Å². The first-order valence-corrected chi connectivity index (χ1v) is 18.7. The fourth-order valence-corrected chi connectivity index (χ4v) is 9.31. The van der Waals surface area contributed by atoms with E-state index in [9.17, 15) is 0 Å². The molecule has 0 fully saturated rings. The van der Waals surface area contributed by atoms with Gasteiger partial charge in [0.2, 0.25) is 0 Å².